The lowest BCUT2D eigenvalue weighted by atomic mass is 9.97. The summed E-state index contributed by atoms with van der Waals surface area (Å²) in [5.41, 5.74) is 2.80. The van der Waals surface area contributed by atoms with Crippen molar-refractivity contribution in [2.24, 2.45) is 0 Å². The van der Waals surface area contributed by atoms with Gasteiger partial charge in [0.15, 0.2) is 0 Å². The summed E-state index contributed by atoms with van der Waals surface area (Å²) in [5.74, 6) is 0. The second-order valence-electron chi connectivity index (χ2n) is 5.06. The molecule has 0 saturated carbocycles. The number of nitriles is 1. The Morgan fingerprint density at radius 1 is 1.50 bits per heavy atom. The summed E-state index contributed by atoms with van der Waals surface area (Å²) in [6.07, 6.45) is 1.69. The molecule has 2 rings (SSSR count). The van der Waals surface area contributed by atoms with E-state index in [2.05, 4.69) is 54.5 Å². The van der Waals surface area contributed by atoms with Crippen LogP contribution in [0.4, 0.5) is 0 Å². The fourth-order valence-corrected chi connectivity index (χ4v) is 2.64. The Labute approximate surface area is 109 Å². The fourth-order valence-electron chi connectivity index (χ4n) is 2.64. The summed E-state index contributed by atoms with van der Waals surface area (Å²) in [6, 6.07) is 11.6. The molecule has 0 saturated heterocycles. The van der Waals surface area contributed by atoms with E-state index in [0.717, 1.165) is 19.5 Å². The molecule has 1 aliphatic heterocycles. The van der Waals surface area contributed by atoms with Gasteiger partial charge in [-0.15, -0.1) is 0 Å². The van der Waals surface area contributed by atoms with Crippen molar-refractivity contribution in [2.45, 2.75) is 38.4 Å². The molecule has 0 amide bonds. The molecule has 0 spiro atoms. The first kappa shape index (κ1) is 13.1. The van der Waals surface area contributed by atoms with Crippen molar-refractivity contribution in [3.8, 4) is 6.07 Å². The van der Waals surface area contributed by atoms with Crippen LogP contribution in [0.5, 0.6) is 0 Å². The normalized spacial score (nSPS) is 20.9. The van der Waals surface area contributed by atoms with Gasteiger partial charge in [0.05, 0.1) is 12.5 Å². The van der Waals surface area contributed by atoms with Gasteiger partial charge >= 0.3 is 0 Å². The van der Waals surface area contributed by atoms with Crippen molar-refractivity contribution >= 4 is 0 Å². The minimum Gasteiger partial charge on any atom is -0.313 e. The van der Waals surface area contributed by atoms with Crippen LogP contribution < -0.4 is 5.32 Å². The molecular weight excluding hydrogens is 222 g/mol. The second kappa shape index (κ2) is 5.99. The summed E-state index contributed by atoms with van der Waals surface area (Å²) < 4.78 is 0. The third-order valence-electron chi connectivity index (χ3n) is 3.90. The lowest BCUT2D eigenvalue weighted by molar-refractivity contribution is 0.179. The molecule has 3 nitrogen and oxygen atoms in total. The highest BCUT2D eigenvalue weighted by molar-refractivity contribution is 5.31. The number of rotatable bonds is 3. The minimum absolute atomic E-state index is 0.297. The van der Waals surface area contributed by atoms with Crippen LogP contribution in [0, 0.1) is 11.3 Å². The van der Waals surface area contributed by atoms with Crippen molar-refractivity contribution in [1.29, 1.82) is 5.26 Å². The smallest absolute Gasteiger partial charge is 0.0638 e. The van der Waals surface area contributed by atoms with Crippen LogP contribution in [0.2, 0.25) is 0 Å². The van der Waals surface area contributed by atoms with Crippen molar-refractivity contribution in [2.75, 3.05) is 13.6 Å². The van der Waals surface area contributed by atoms with Crippen LogP contribution in [-0.2, 0) is 6.54 Å². The van der Waals surface area contributed by atoms with Crippen molar-refractivity contribution in [3.05, 3.63) is 35.4 Å². The van der Waals surface area contributed by atoms with E-state index in [-0.39, 0.29) is 0 Å². The molecule has 96 valence electrons. The van der Waals surface area contributed by atoms with Crippen molar-refractivity contribution in [1.82, 2.24) is 10.2 Å². The van der Waals surface area contributed by atoms with Gasteiger partial charge in [0, 0.05) is 18.6 Å². The number of benzene rings is 1. The molecule has 0 aliphatic carbocycles. The molecule has 0 bridgehead atoms. The quantitative estimate of drug-likeness (QED) is 0.886. The molecule has 0 aromatic heterocycles. The molecule has 18 heavy (non-hydrogen) atoms. The van der Waals surface area contributed by atoms with Gasteiger partial charge in [-0.1, -0.05) is 24.3 Å². The zero-order valence-electron chi connectivity index (χ0n) is 11.2. The van der Waals surface area contributed by atoms with E-state index in [0.29, 0.717) is 18.5 Å². The maximum atomic E-state index is 8.85. The van der Waals surface area contributed by atoms with E-state index in [4.69, 9.17) is 5.26 Å². The topological polar surface area (TPSA) is 39.1 Å². The monoisotopic (exact) mass is 243 g/mol. The molecule has 1 heterocycles. The van der Waals surface area contributed by atoms with Gasteiger partial charge in [-0.25, -0.2) is 0 Å². The van der Waals surface area contributed by atoms with Gasteiger partial charge in [0.25, 0.3) is 0 Å². The maximum absolute atomic E-state index is 8.85. The van der Waals surface area contributed by atoms with E-state index in [1.54, 1.807) is 0 Å². The zero-order valence-corrected chi connectivity index (χ0v) is 11.2. The maximum Gasteiger partial charge on any atom is 0.0638 e. The third-order valence-corrected chi connectivity index (χ3v) is 3.90. The first-order valence-corrected chi connectivity index (χ1v) is 6.61. The Bertz CT molecular complexity index is 436. The average molecular weight is 243 g/mol. The van der Waals surface area contributed by atoms with E-state index >= 15 is 0 Å². The van der Waals surface area contributed by atoms with Gasteiger partial charge in [0.1, 0.15) is 0 Å². The Morgan fingerprint density at radius 2 is 2.28 bits per heavy atom. The number of hydrogen-bond acceptors (Lipinski definition) is 3. The first-order valence-electron chi connectivity index (χ1n) is 6.61. The van der Waals surface area contributed by atoms with Gasteiger partial charge < -0.3 is 5.32 Å². The van der Waals surface area contributed by atoms with Gasteiger partial charge in [-0.2, -0.15) is 5.26 Å². The largest absolute Gasteiger partial charge is 0.313 e. The van der Waals surface area contributed by atoms with Crippen LogP contribution >= 0.6 is 0 Å². The van der Waals surface area contributed by atoms with Gasteiger partial charge in [-0.3, -0.25) is 4.90 Å². The summed E-state index contributed by atoms with van der Waals surface area (Å²) in [6.45, 7) is 4.11. The molecule has 0 fully saturated rings. The summed E-state index contributed by atoms with van der Waals surface area (Å²) >= 11 is 0. The van der Waals surface area contributed by atoms with E-state index in [1.807, 2.05) is 0 Å². The van der Waals surface area contributed by atoms with Crippen LogP contribution in [0.1, 0.15) is 36.9 Å². The molecule has 3 heteroatoms. The van der Waals surface area contributed by atoms with E-state index in [1.165, 1.54) is 11.1 Å². The highest BCUT2D eigenvalue weighted by Gasteiger charge is 2.24. The SMILES string of the molecule is CC(CC#N)N(C)C1CCNCc2ccccc21. The van der Waals surface area contributed by atoms with Crippen molar-refractivity contribution in [3.63, 3.8) is 0 Å². The Morgan fingerprint density at radius 3 is 3.06 bits per heavy atom. The highest BCUT2D eigenvalue weighted by atomic mass is 15.2. The Kier molecular flexibility index (Phi) is 4.35. The molecule has 2 atom stereocenters. The van der Waals surface area contributed by atoms with Crippen LogP contribution in [0.3, 0.4) is 0 Å². The summed E-state index contributed by atoms with van der Waals surface area (Å²) in [7, 11) is 2.13. The number of hydrogen-bond donors (Lipinski definition) is 1. The lowest BCUT2D eigenvalue weighted by Crippen LogP contribution is -2.33. The highest BCUT2D eigenvalue weighted by Crippen LogP contribution is 2.29. The van der Waals surface area contributed by atoms with Gasteiger partial charge in [0.2, 0.25) is 0 Å². The molecule has 1 N–H and O–H groups in total. The Hall–Kier alpha value is -1.37. The zero-order chi connectivity index (χ0) is 13.0. The average Bonchev–Trinajstić information content (AvgIpc) is 2.60. The van der Waals surface area contributed by atoms with Crippen LogP contribution in [0.25, 0.3) is 0 Å². The van der Waals surface area contributed by atoms with Crippen LogP contribution in [0.15, 0.2) is 24.3 Å². The van der Waals surface area contributed by atoms with E-state index in [9.17, 15) is 0 Å². The van der Waals surface area contributed by atoms with Crippen molar-refractivity contribution < 1.29 is 0 Å². The molecule has 2 unspecified atom stereocenters. The minimum atomic E-state index is 0.297. The number of fused-ring (bicyclic) bond motifs is 1. The molecule has 1 aromatic carbocycles. The number of nitrogens with zero attached hydrogens (tertiary/aromatic N) is 2. The van der Waals surface area contributed by atoms with Crippen LogP contribution in [-0.4, -0.2) is 24.5 Å². The van der Waals surface area contributed by atoms with Gasteiger partial charge in [-0.05, 0) is 38.1 Å². The summed E-state index contributed by atoms with van der Waals surface area (Å²) in [5, 5.41) is 12.3. The second-order valence-corrected chi connectivity index (χ2v) is 5.06. The first-order chi connectivity index (χ1) is 8.74. The standard InChI is InChI=1S/C15H21N3/c1-12(7-9-16)18(2)15-8-10-17-11-13-5-3-4-6-14(13)15/h3-6,12,15,17H,7-8,10-11H2,1-2H3. The Balaban J connectivity index is 2.25. The molecule has 1 aromatic rings. The molecular formula is C15H21N3. The fraction of sp³-hybridized carbons (Fsp3) is 0.533. The lowest BCUT2D eigenvalue weighted by Gasteiger charge is -2.32. The molecule has 0 radical (unpaired) electrons. The summed E-state index contributed by atoms with van der Waals surface area (Å²) in [4.78, 5) is 2.34. The van der Waals surface area contributed by atoms with E-state index < -0.39 is 0 Å². The number of nitrogens with one attached hydrogen (secondary N) is 1. The third kappa shape index (κ3) is 2.72. The predicted molar refractivity (Wildman–Crippen MR) is 73.0 cm³/mol. The predicted octanol–water partition coefficient (Wildman–Crippen LogP) is 2.45. The molecule has 1 aliphatic rings.